The van der Waals surface area contributed by atoms with E-state index in [1.165, 1.54) is 24.0 Å². The quantitative estimate of drug-likeness (QED) is 0.696. The zero-order valence-corrected chi connectivity index (χ0v) is 15.2. The topological polar surface area (TPSA) is 64.6 Å². The van der Waals surface area contributed by atoms with Crippen LogP contribution in [0.5, 0.6) is 0 Å². The van der Waals surface area contributed by atoms with Gasteiger partial charge in [-0.2, -0.15) is 0 Å². The lowest BCUT2D eigenvalue weighted by Crippen LogP contribution is -2.49. The van der Waals surface area contributed by atoms with Crippen LogP contribution in [0, 0.1) is 6.92 Å². The molecule has 0 spiro atoms. The molecule has 5 heteroatoms. The molecule has 1 aromatic rings. The number of carbonyl (C=O) groups excluding carboxylic acids is 1. The van der Waals surface area contributed by atoms with Gasteiger partial charge in [-0.3, -0.25) is 9.69 Å². The van der Waals surface area contributed by atoms with Gasteiger partial charge >= 0.3 is 0 Å². The van der Waals surface area contributed by atoms with Crippen molar-refractivity contribution in [1.29, 1.82) is 0 Å². The van der Waals surface area contributed by atoms with Gasteiger partial charge in [-0.25, -0.2) is 0 Å². The highest BCUT2D eigenvalue weighted by molar-refractivity contribution is 5.78. The molecule has 0 aromatic heterocycles. The van der Waals surface area contributed by atoms with Crippen molar-refractivity contribution in [2.75, 3.05) is 26.2 Å². The molecule has 1 saturated carbocycles. The van der Waals surface area contributed by atoms with Crippen molar-refractivity contribution < 1.29 is 9.90 Å². The second-order valence-corrected chi connectivity index (χ2v) is 7.45. The molecule has 1 saturated heterocycles. The molecule has 2 fully saturated rings. The maximum absolute atomic E-state index is 12.1. The Morgan fingerprint density at radius 3 is 2.88 bits per heavy atom. The van der Waals surface area contributed by atoms with Crippen LogP contribution in [-0.2, 0) is 11.2 Å². The van der Waals surface area contributed by atoms with Gasteiger partial charge in [0, 0.05) is 31.7 Å². The van der Waals surface area contributed by atoms with Gasteiger partial charge in [0.25, 0.3) is 0 Å². The zero-order chi connectivity index (χ0) is 17.6. The summed E-state index contributed by atoms with van der Waals surface area (Å²) < 4.78 is 0. The first kappa shape index (κ1) is 18.4. The highest BCUT2D eigenvalue weighted by Crippen LogP contribution is 2.27. The number of benzene rings is 1. The van der Waals surface area contributed by atoms with Crippen LogP contribution in [-0.4, -0.2) is 60.3 Å². The zero-order valence-electron chi connectivity index (χ0n) is 15.2. The molecule has 0 radical (unpaired) electrons. The summed E-state index contributed by atoms with van der Waals surface area (Å²) in [5.41, 5.74) is 2.57. The van der Waals surface area contributed by atoms with E-state index < -0.39 is 0 Å². The van der Waals surface area contributed by atoms with Crippen molar-refractivity contribution in [3.63, 3.8) is 0 Å². The highest BCUT2D eigenvalue weighted by atomic mass is 16.3. The highest BCUT2D eigenvalue weighted by Gasteiger charge is 2.35. The Labute approximate surface area is 150 Å². The Morgan fingerprint density at radius 2 is 2.12 bits per heavy atom. The van der Waals surface area contributed by atoms with Crippen LogP contribution < -0.4 is 10.6 Å². The number of aliphatic hydroxyl groups is 1. The van der Waals surface area contributed by atoms with Gasteiger partial charge in [-0.1, -0.05) is 30.7 Å². The number of aryl methyl sites for hydroxylation is 1. The van der Waals surface area contributed by atoms with Crippen LogP contribution in [0.1, 0.15) is 36.8 Å². The predicted octanol–water partition coefficient (Wildman–Crippen LogP) is 1.23. The van der Waals surface area contributed by atoms with Crippen molar-refractivity contribution in [3.8, 4) is 0 Å². The van der Waals surface area contributed by atoms with Crippen LogP contribution in [0.4, 0.5) is 0 Å². The molecule has 1 amide bonds. The van der Waals surface area contributed by atoms with Crippen LogP contribution in [0.3, 0.4) is 0 Å². The number of likely N-dealkylation sites (tertiary alicyclic amines) is 1. The summed E-state index contributed by atoms with van der Waals surface area (Å²) >= 11 is 0. The third kappa shape index (κ3) is 5.03. The monoisotopic (exact) mass is 345 g/mol. The molecule has 3 atom stereocenters. The molecule has 1 aliphatic carbocycles. The summed E-state index contributed by atoms with van der Waals surface area (Å²) in [7, 11) is 0. The summed E-state index contributed by atoms with van der Waals surface area (Å²) in [5.74, 6) is 0.0701. The number of nitrogens with one attached hydrogen (secondary N) is 2. The summed E-state index contributed by atoms with van der Waals surface area (Å²) in [6.45, 7) is 4.93. The molecular weight excluding hydrogens is 314 g/mol. The van der Waals surface area contributed by atoms with E-state index in [2.05, 4.69) is 34.6 Å². The molecule has 1 heterocycles. The Bertz CT molecular complexity index is 578. The van der Waals surface area contributed by atoms with Crippen molar-refractivity contribution in [3.05, 3.63) is 35.4 Å². The minimum absolute atomic E-state index is 0.0701. The first-order valence-corrected chi connectivity index (χ1v) is 9.60. The van der Waals surface area contributed by atoms with Gasteiger partial charge in [0.2, 0.25) is 5.91 Å². The summed E-state index contributed by atoms with van der Waals surface area (Å²) in [5, 5.41) is 16.2. The number of hydrogen-bond donors (Lipinski definition) is 3. The van der Waals surface area contributed by atoms with Crippen molar-refractivity contribution in [2.24, 2.45) is 0 Å². The second-order valence-electron chi connectivity index (χ2n) is 7.45. The van der Waals surface area contributed by atoms with E-state index in [4.69, 9.17) is 0 Å². The Kier molecular flexibility index (Phi) is 6.45. The summed E-state index contributed by atoms with van der Waals surface area (Å²) in [4.78, 5) is 14.5. The predicted molar refractivity (Wildman–Crippen MR) is 99.5 cm³/mol. The van der Waals surface area contributed by atoms with Crippen LogP contribution in [0.15, 0.2) is 24.3 Å². The molecule has 3 N–H and O–H groups in total. The Balaban J connectivity index is 1.37. The van der Waals surface area contributed by atoms with Crippen molar-refractivity contribution in [2.45, 2.75) is 57.2 Å². The van der Waals surface area contributed by atoms with E-state index in [0.29, 0.717) is 25.2 Å². The Hall–Kier alpha value is -1.43. The number of carbonyl (C=O) groups is 1. The molecule has 138 valence electrons. The molecule has 1 aliphatic heterocycles. The van der Waals surface area contributed by atoms with Crippen LogP contribution >= 0.6 is 0 Å². The third-order valence-electron chi connectivity index (χ3n) is 5.65. The second kappa shape index (κ2) is 8.79. The number of aliphatic hydroxyl groups excluding tert-OH is 1. The average molecular weight is 345 g/mol. The van der Waals surface area contributed by atoms with Gasteiger partial charge in [-0.05, 0) is 43.7 Å². The van der Waals surface area contributed by atoms with Crippen molar-refractivity contribution in [1.82, 2.24) is 15.5 Å². The minimum Gasteiger partial charge on any atom is -0.392 e. The minimum atomic E-state index is -0.175. The number of β-amino-alcohol motifs (C(OH)–C–C–N with tert-alkyl or cyclic N) is 1. The first-order valence-electron chi connectivity index (χ1n) is 9.60. The van der Waals surface area contributed by atoms with E-state index in [0.717, 1.165) is 32.4 Å². The molecule has 1 unspecified atom stereocenters. The molecule has 0 bridgehead atoms. The van der Waals surface area contributed by atoms with Gasteiger partial charge < -0.3 is 15.7 Å². The maximum Gasteiger partial charge on any atom is 0.233 e. The molecule has 5 nitrogen and oxygen atoms in total. The van der Waals surface area contributed by atoms with Crippen LogP contribution in [0.2, 0.25) is 0 Å². The standard InChI is InChI=1S/C20H31N3O2/c1-15-5-2-3-6-16(15)9-11-21-20(25)13-22-18-7-4-8-19(18)23-12-10-17(24)14-23/h2-3,5-6,17-19,22,24H,4,7-14H2,1H3,(H,21,25)/t17?,18-,19+/m1/s1. The lowest BCUT2D eigenvalue weighted by Gasteiger charge is -2.29. The average Bonchev–Trinajstić information content (AvgIpc) is 3.23. The molecule has 25 heavy (non-hydrogen) atoms. The van der Waals surface area contributed by atoms with Gasteiger partial charge in [0.15, 0.2) is 0 Å². The van der Waals surface area contributed by atoms with Crippen LogP contribution in [0.25, 0.3) is 0 Å². The SMILES string of the molecule is Cc1ccccc1CCNC(=O)CN[C@@H]1CCC[C@@H]1N1CCC(O)C1. The number of nitrogens with zero attached hydrogens (tertiary/aromatic N) is 1. The lowest BCUT2D eigenvalue weighted by molar-refractivity contribution is -0.120. The van der Waals surface area contributed by atoms with E-state index >= 15 is 0 Å². The fraction of sp³-hybridized carbons (Fsp3) is 0.650. The fourth-order valence-corrected chi connectivity index (χ4v) is 4.20. The van der Waals surface area contributed by atoms with Crippen molar-refractivity contribution >= 4 is 5.91 Å². The van der Waals surface area contributed by atoms with E-state index in [1.807, 2.05) is 12.1 Å². The third-order valence-corrected chi connectivity index (χ3v) is 5.65. The van der Waals surface area contributed by atoms with Gasteiger partial charge in [0.05, 0.1) is 12.6 Å². The number of rotatable bonds is 7. The molecule has 1 aromatic carbocycles. The molecule has 3 rings (SSSR count). The number of amides is 1. The van der Waals surface area contributed by atoms with E-state index in [-0.39, 0.29) is 12.0 Å². The first-order chi connectivity index (χ1) is 12.1. The van der Waals surface area contributed by atoms with Gasteiger partial charge in [0.1, 0.15) is 0 Å². The van der Waals surface area contributed by atoms with Gasteiger partial charge in [-0.15, -0.1) is 0 Å². The molecule has 2 aliphatic rings. The smallest absolute Gasteiger partial charge is 0.233 e. The van der Waals surface area contributed by atoms with E-state index in [1.54, 1.807) is 0 Å². The maximum atomic E-state index is 12.1. The lowest BCUT2D eigenvalue weighted by atomic mass is 10.1. The Morgan fingerprint density at radius 1 is 1.28 bits per heavy atom. The summed E-state index contributed by atoms with van der Waals surface area (Å²) in [6.07, 6.45) is 5.06. The largest absolute Gasteiger partial charge is 0.392 e. The number of hydrogen-bond acceptors (Lipinski definition) is 4. The fourth-order valence-electron chi connectivity index (χ4n) is 4.20. The molecular formula is C20H31N3O2. The normalized spacial score (nSPS) is 26.9. The van der Waals surface area contributed by atoms with E-state index in [9.17, 15) is 9.90 Å². The summed E-state index contributed by atoms with van der Waals surface area (Å²) in [6, 6.07) is 9.14.